The number of nitrogens with zero attached hydrogens (tertiary/aromatic N) is 2. The van der Waals surface area contributed by atoms with Crippen LogP contribution in [0.1, 0.15) is 41.4 Å². The van der Waals surface area contributed by atoms with E-state index in [1.54, 1.807) is 6.07 Å². The number of aliphatic imine (C=N–C) groups is 1. The molecule has 1 unspecified atom stereocenters. The van der Waals surface area contributed by atoms with Gasteiger partial charge in [0.25, 0.3) is 0 Å². The Bertz CT molecular complexity index is 1260. The summed E-state index contributed by atoms with van der Waals surface area (Å²) in [6.07, 6.45) is 6.90. The quantitative estimate of drug-likeness (QED) is 0.452. The van der Waals surface area contributed by atoms with E-state index in [-0.39, 0.29) is 17.4 Å². The largest absolute Gasteiger partial charge is 0.465 e. The Morgan fingerprint density at radius 1 is 1.21 bits per heavy atom. The third-order valence-corrected chi connectivity index (χ3v) is 7.42. The molecule has 2 aliphatic heterocycles. The van der Waals surface area contributed by atoms with Gasteiger partial charge in [0.15, 0.2) is 0 Å². The van der Waals surface area contributed by atoms with Gasteiger partial charge in [0.2, 0.25) is 0 Å². The summed E-state index contributed by atoms with van der Waals surface area (Å²) in [4.78, 5) is 20.2. The molecule has 0 saturated heterocycles. The maximum Gasteiger partial charge on any atom is 0.337 e. The summed E-state index contributed by atoms with van der Waals surface area (Å²) in [6, 6.07) is 15.7. The zero-order valence-electron chi connectivity index (χ0n) is 19.7. The molecule has 0 spiro atoms. The van der Waals surface area contributed by atoms with Crippen LogP contribution in [0.25, 0.3) is 0 Å². The first-order valence-corrected chi connectivity index (χ1v) is 11.8. The number of anilines is 1. The minimum Gasteiger partial charge on any atom is -0.465 e. The SMILES string of the molecule is COC(=O)c1ccc2c(c1)C(C)(C)/C(=C/C=C1/SC(C(C=N)=CN)=NC1c1ccccc1)N2C. The summed E-state index contributed by atoms with van der Waals surface area (Å²) in [6.45, 7) is 4.31. The normalized spacial score (nSPS) is 21.5. The molecule has 0 aromatic heterocycles. The van der Waals surface area contributed by atoms with Gasteiger partial charge >= 0.3 is 5.97 Å². The lowest BCUT2D eigenvalue weighted by Gasteiger charge is -2.24. The molecule has 2 aromatic carbocycles. The summed E-state index contributed by atoms with van der Waals surface area (Å²) in [5.74, 6) is -0.339. The van der Waals surface area contributed by atoms with Crippen LogP contribution >= 0.6 is 11.8 Å². The number of nitrogens with one attached hydrogen (secondary N) is 1. The number of rotatable bonds is 5. The van der Waals surface area contributed by atoms with Crippen LogP contribution in [0.2, 0.25) is 0 Å². The van der Waals surface area contributed by atoms with Crippen molar-refractivity contribution in [3.63, 3.8) is 0 Å². The fourth-order valence-electron chi connectivity index (χ4n) is 4.43. The van der Waals surface area contributed by atoms with Gasteiger partial charge in [0.05, 0.1) is 12.7 Å². The Morgan fingerprint density at radius 2 is 1.94 bits per heavy atom. The molecule has 0 fully saturated rings. The first-order chi connectivity index (χ1) is 16.3. The van der Waals surface area contributed by atoms with Crippen molar-refractivity contribution in [2.24, 2.45) is 10.7 Å². The second-order valence-corrected chi connectivity index (χ2v) is 9.71. The lowest BCUT2D eigenvalue weighted by atomic mass is 9.83. The predicted octanol–water partition coefficient (Wildman–Crippen LogP) is 5.35. The summed E-state index contributed by atoms with van der Waals surface area (Å²) in [7, 11) is 3.44. The summed E-state index contributed by atoms with van der Waals surface area (Å²) < 4.78 is 4.91. The zero-order chi connectivity index (χ0) is 24.5. The maximum absolute atomic E-state index is 12.1. The van der Waals surface area contributed by atoms with Gasteiger partial charge < -0.3 is 20.8 Å². The Balaban J connectivity index is 1.74. The van der Waals surface area contributed by atoms with Crippen LogP contribution in [0, 0.1) is 5.41 Å². The first-order valence-electron chi connectivity index (χ1n) is 10.9. The van der Waals surface area contributed by atoms with Crippen molar-refractivity contribution >= 4 is 34.7 Å². The van der Waals surface area contributed by atoms with Crippen LogP contribution < -0.4 is 10.6 Å². The lowest BCUT2D eigenvalue weighted by molar-refractivity contribution is 0.0600. The maximum atomic E-state index is 12.1. The minimum atomic E-state index is -0.339. The summed E-state index contributed by atoms with van der Waals surface area (Å²) in [5, 5.41) is 8.41. The van der Waals surface area contributed by atoms with Crippen LogP contribution in [-0.2, 0) is 10.2 Å². The molecule has 1 atom stereocenters. The third kappa shape index (κ3) is 4.07. The Hall–Kier alpha value is -3.58. The van der Waals surface area contributed by atoms with Crippen molar-refractivity contribution in [2.75, 3.05) is 19.1 Å². The van der Waals surface area contributed by atoms with Crippen molar-refractivity contribution < 1.29 is 9.53 Å². The fraction of sp³-hybridized carbons (Fsp3) is 0.222. The summed E-state index contributed by atoms with van der Waals surface area (Å²) >= 11 is 1.54. The average molecular weight is 473 g/mol. The van der Waals surface area contributed by atoms with Gasteiger partial charge in [-0.15, -0.1) is 0 Å². The smallest absolute Gasteiger partial charge is 0.337 e. The molecule has 0 bridgehead atoms. The van der Waals surface area contributed by atoms with E-state index in [1.165, 1.54) is 31.3 Å². The standard InChI is InChI=1S/C27H28N4O2S/c1-27(2)20-14-18(26(32)33-4)10-11-21(20)31(3)23(27)13-12-22-24(17-8-6-5-7-9-17)30-25(34-22)19(15-28)16-29/h5-16,24,28H,29H2,1-4H3/b19-16?,22-12+,23-13-,28-15?. The van der Waals surface area contributed by atoms with Gasteiger partial charge in [0, 0.05) is 46.7 Å². The van der Waals surface area contributed by atoms with Crippen LogP contribution in [0.15, 0.2) is 88.1 Å². The van der Waals surface area contributed by atoms with E-state index in [4.69, 9.17) is 20.9 Å². The van der Waals surface area contributed by atoms with Gasteiger partial charge in [-0.2, -0.15) is 0 Å². The molecule has 2 heterocycles. The molecule has 0 amide bonds. The molecular weight excluding hydrogens is 444 g/mol. The molecule has 0 saturated carbocycles. The molecule has 3 N–H and O–H groups in total. The zero-order valence-corrected chi connectivity index (χ0v) is 20.5. The summed E-state index contributed by atoms with van der Waals surface area (Å²) in [5.41, 5.74) is 10.9. The molecule has 0 radical (unpaired) electrons. The van der Waals surface area contributed by atoms with Crippen molar-refractivity contribution in [1.29, 1.82) is 5.41 Å². The minimum absolute atomic E-state index is 0.156. The number of likely N-dealkylation sites (N-methyl/N-ethyl adjacent to an activating group) is 1. The first kappa shape index (κ1) is 23.6. The number of ether oxygens (including phenoxy) is 1. The molecule has 34 heavy (non-hydrogen) atoms. The van der Waals surface area contributed by atoms with Crippen LogP contribution in [0.5, 0.6) is 0 Å². The topological polar surface area (TPSA) is 91.8 Å². The molecular formula is C27H28N4O2S. The van der Waals surface area contributed by atoms with E-state index in [0.717, 1.165) is 32.5 Å². The number of methoxy groups -OCH3 is 1. The second-order valence-electron chi connectivity index (χ2n) is 8.64. The number of nitrogens with two attached hydrogens (primary N) is 1. The highest BCUT2D eigenvalue weighted by Crippen LogP contribution is 2.48. The Labute approximate surface area is 204 Å². The van der Waals surface area contributed by atoms with Gasteiger partial charge in [-0.1, -0.05) is 55.9 Å². The van der Waals surface area contributed by atoms with Gasteiger partial charge in [-0.3, -0.25) is 4.99 Å². The van der Waals surface area contributed by atoms with Crippen LogP contribution in [-0.4, -0.2) is 31.4 Å². The van der Waals surface area contributed by atoms with E-state index in [1.807, 2.05) is 37.4 Å². The Morgan fingerprint density at radius 3 is 2.59 bits per heavy atom. The van der Waals surface area contributed by atoms with Gasteiger partial charge in [-0.05, 0) is 41.5 Å². The van der Waals surface area contributed by atoms with Crippen molar-refractivity contribution in [3.8, 4) is 0 Å². The van der Waals surface area contributed by atoms with E-state index >= 15 is 0 Å². The van der Waals surface area contributed by atoms with E-state index in [9.17, 15) is 4.79 Å². The van der Waals surface area contributed by atoms with E-state index < -0.39 is 0 Å². The lowest BCUT2D eigenvalue weighted by Crippen LogP contribution is -2.22. The highest BCUT2D eigenvalue weighted by atomic mass is 32.2. The monoisotopic (exact) mass is 472 g/mol. The van der Waals surface area contributed by atoms with E-state index in [2.05, 4.69) is 43.0 Å². The highest BCUT2D eigenvalue weighted by Gasteiger charge is 2.39. The molecule has 174 valence electrons. The number of hydrogen-bond donors (Lipinski definition) is 2. The predicted molar refractivity (Wildman–Crippen MR) is 141 cm³/mol. The molecule has 4 rings (SSSR count). The average Bonchev–Trinajstić information content (AvgIpc) is 3.35. The molecule has 2 aromatic rings. The van der Waals surface area contributed by atoms with Crippen molar-refractivity contribution in [3.05, 3.63) is 99.7 Å². The Kier molecular flexibility index (Phi) is 6.48. The van der Waals surface area contributed by atoms with Crippen molar-refractivity contribution in [2.45, 2.75) is 25.3 Å². The molecule has 0 aliphatic carbocycles. The fourth-order valence-corrected chi connectivity index (χ4v) is 5.49. The number of esters is 1. The number of thioether (sulfide) groups is 1. The number of hydrogen-bond acceptors (Lipinski definition) is 7. The number of fused-ring (bicyclic) bond motifs is 1. The van der Waals surface area contributed by atoms with E-state index in [0.29, 0.717) is 11.1 Å². The van der Waals surface area contributed by atoms with Gasteiger partial charge in [0.1, 0.15) is 11.1 Å². The van der Waals surface area contributed by atoms with Crippen LogP contribution in [0.3, 0.4) is 0 Å². The molecule has 7 heteroatoms. The van der Waals surface area contributed by atoms with Gasteiger partial charge in [-0.25, -0.2) is 4.79 Å². The number of benzene rings is 2. The number of allylic oxidation sites excluding steroid dienone is 3. The highest BCUT2D eigenvalue weighted by molar-refractivity contribution is 8.18. The second kappa shape index (κ2) is 9.35. The van der Waals surface area contributed by atoms with Crippen molar-refractivity contribution in [1.82, 2.24) is 0 Å². The third-order valence-electron chi connectivity index (χ3n) is 6.29. The molecule has 6 nitrogen and oxygen atoms in total. The molecule has 2 aliphatic rings. The number of carbonyl (C=O) groups is 1. The van der Waals surface area contributed by atoms with Crippen LogP contribution in [0.4, 0.5) is 5.69 Å². The number of carbonyl (C=O) groups excluding carboxylic acids is 1.